The van der Waals surface area contributed by atoms with E-state index in [1.807, 2.05) is 4.90 Å². The van der Waals surface area contributed by atoms with Crippen LogP contribution in [0.3, 0.4) is 0 Å². The minimum absolute atomic E-state index is 0.0359. The molecule has 5 nitrogen and oxygen atoms in total. The largest absolute Gasteiger partial charge is 0.416 e. The Kier molecular flexibility index (Phi) is 7.03. The van der Waals surface area contributed by atoms with Crippen molar-refractivity contribution in [3.8, 4) is 11.1 Å². The molecule has 1 amide bonds. The molecule has 0 bridgehead atoms. The topological polar surface area (TPSA) is 57.7 Å². The van der Waals surface area contributed by atoms with E-state index in [-0.39, 0.29) is 28.6 Å². The Morgan fingerprint density at radius 1 is 0.917 bits per heavy atom. The normalized spacial score (nSPS) is 14.7. The number of hydrogen-bond donors (Lipinski definition) is 0. The van der Waals surface area contributed by atoms with Crippen molar-refractivity contribution in [1.82, 2.24) is 4.90 Å². The number of carbonyl (C=O) groups excluding carboxylic acids is 1. The van der Waals surface area contributed by atoms with Crippen LogP contribution in [-0.4, -0.2) is 51.7 Å². The van der Waals surface area contributed by atoms with Gasteiger partial charge in [0.1, 0.15) is 5.82 Å². The first-order valence-electron chi connectivity index (χ1n) is 10.9. The SMILES string of the molecule is CS(=O)(=O)c1ccc(-c2ccc(F)c(Cl)c2)c(C(=O)N2CCN(c3ccc(C(F)(F)F)cc3)CC2)c1. The highest BCUT2D eigenvalue weighted by atomic mass is 35.5. The number of halogens is 5. The summed E-state index contributed by atoms with van der Waals surface area (Å²) in [5.41, 5.74) is 0.853. The first-order valence-corrected chi connectivity index (χ1v) is 13.1. The molecule has 0 N–H and O–H groups in total. The third-order valence-electron chi connectivity index (χ3n) is 6.01. The Balaban J connectivity index is 1.59. The second kappa shape index (κ2) is 9.74. The van der Waals surface area contributed by atoms with Crippen LogP contribution in [0, 0.1) is 5.82 Å². The molecule has 0 radical (unpaired) electrons. The molecule has 1 fully saturated rings. The number of rotatable bonds is 4. The monoisotopic (exact) mass is 540 g/mol. The highest BCUT2D eigenvalue weighted by molar-refractivity contribution is 7.90. The van der Waals surface area contributed by atoms with Gasteiger partial charge in [0.25, 0.3) is 5.91 Å². The molecule has 0 atom stereocenters. The molecule has 4 rings (SSSR count). The summed E-state index contributed by atoms with van der Waals surface area (Å²) in [4.78, 5) is 16.9. The Labute approximate surface area is 210 Å². The Bertz CT molecular complexity index is 1400. The summed E-state index contributed by atoms with van der Waals surface area (Å²) in [6.07, 6.45) is -3.38. The molecule has 0 spiro atoms. The van der Waals surface area contributed by atoms with Gasteiger partial charge >= 0.3 is 6.18 Å². The number of carbonyl (C=O) groups is 1. The minimum Gasteiger partial charge on any atom is -0.368 e. The maximum atomic E-state index is 13.7. The van der Waals surface area contributed by atoms with E-state index in [0.29, 0.717) is 29.9 Å². The molecule has 0 unspecified atom stereocenters. The number of sulfone groups is 1. The quantitative estimate of drug-likeness (QED) is 0.408. The Morgan fingerprint density at radius 3 is 2.11 bits per heavy atom. The standard InChI is InChI=1S/C25H21ClF4N2O3S/c1-36(34,35)19-7-8-20(16-2-9-23(27)22(26)14-16)21(15-19)24(33)32-12-10-31(11-13-32)18-5-3-17(4-6-18)25(28,29)30/h2-9,14-15H,10-13H2,1H3. The van der Waals surface area contributed by atoms with Crippen LogP contribution in [0.1, 0.15) is 15.9 Å². The molecule has 1 saturated heterocycles. The fourth-order valence-corrected chi connectivity index (χ4v) is 4.87. The molecule has 3 aromatic carbocycles. The molecule has 0 saturated carbocycles. The molecule has 0 aromatic heterocycles. The van der Waals surface area contributed by atoms with E-state index in [9.17, 15) is 30.8 Å². The van der Waals surface area contributed by atoms with Crippen LogP contribution in [0.15, 0.2) is 65.6 Å². The van der Waals surface area contributed by atoms with Crippen molar-refractivity contribution in [2.24, 2.45) is 0 Å². The summed E-state index contributed by atoms with van der Waals surface area (Å²) in [5.74, 6) is -1.04. The number of hydrogen-bond acceptors (Lipinski definition) is 4. The first kappa shape index (κ1) is 26.0. The lowest BCUT2D eigenvalue weighted by Gasteiger charge is -2.36. The molecular weight excluding hydrogens is 520 g/mol. The molecule has 1 heterocycles. The zero-order valence-corrected chi connectivity index (χ0v) is 20.6. The van der Waals surface area contributed by atoms with Gasteiger partial charge in [-0.1, -0.05) is 23.7 Å². The van der Waals surface area contributed by atoms with E-state index < -0.39 is 33.3 Å². The zero-order chi connectivity index (χ0) is 26.3. The van der Waals surface area contributed by atoms with Crippen molar-refractivity contribution in [2.75, 3.05) is 37.3 Å². The van der Waals surface area contributed by atoms with Gasteiger partial charge in [-0.2, -0.15) is 13.2 Å². The van der Waals surface area contributed by atoms with Gasteiger partial charge in [-0.3, -0.25) is 4.79 Å². The Morgan fingerprint density at radius 2 is 1.56 bits per heavy atom. The van der Waals surface area contributed by atoms with Gasteiger partial charge in [-0.15, -0.1) is 0 Å². The van der Waals surface area contributed by atoms with E-state index in [1.165, 1.54) is 48.5 Å². The van der Waals surface area contributed by atoms with Gasteiger partial charge in [0.2, 0.25) is 0 Å². The van der Waals surface area contributed by atoms with E-state index >= 15 is 0 Å². The van der Waals surface area contributed by atoms with Crippen LogP contribution in [0.5, 0.6) is 0 Å². The summed E-state index contributed by atoms with van der Waals surface area (Å²) in [7, 11) is -3.61. The predicted molar refractivity (Wildman–Crippen MR) is 130 cm³/mol. The summed E-state index contributed by atoms with van der Waals surface area (Å²) < 4.78 is 76.5. The number of benzene rings is 3. The van der Waals surface area contributed by atoms with Gasteiger partial charge < -0.3 is 9.80 Å². The number of amides is 1. The van der Waals surface area contributed by atoms with Crippen molar-refractivity contribution in [1.29, 1.82) is 0 Å². The van der Waals surface area contributed by atoms with Gasteiger partial charge in [-0.05, 0) is 59.7 Å². The van der Waals surface area contributed by atoms with Crippen molar-refractivity contribution < 1.29 is 30.8 Å². The average molecular weight is 541 g/mol. The number of anilines is 1. The van der Waals surface area contributed by atoms with Crippen LogP contribution >= 0.6 is 11.6 Å². The predicted octanol–water partition coefficient (Wildman–Crippen LogP) is 5.53. The third kappa shape index (κ3) is 5.49. The summed E-state index contributed by atoms with van der Waals surface area (Å²) in [6, 6.07) is 13.0. The maximum absolute atomic E-state index is 13.7. The van der Waals surface area contributed by atoms with Crippen molar-refractivity contribution in [3.63, 3.8) is 0 Å². The van der Waals surface area contributed by atoms with Crippen LogP contribution in [0.25, 0.3) is 11.1 Å². The number of piperazine rings is 1. The number of nitrogens with zero attached hydrogens (tertiary/aromatic N) is 2. The molecule has 190 valence electrons. The van der Waals surface area contributed by atoms with E-state index in [4.69, 9.17) is 11.6 Å². The molecule has 1 aliphatic heterocycles. The van der Waals surface area contributed by atoms with Gasteiger partial charge in [0.15, 0.2) is 9.84 Å². The second-order valence-corrected chi connectivity index (χ2v) is 10.9. The van der Waals surface area contributed by atoms with Gasteiger partial charge in [0, 0.05) is 43.7 Å². The van der Waals surface area contributed by atoms with Gasteiger partial charge in [0.05, 0.1) is 15.5 Å². The van der Waals surface area contributed by atoms with Crippen molar-refractivity contribution in [2.45, 2.75) is 11.1 Å². The minimum atomic E-state index is -4.42. The summed E-state index contributed by atoms with van der Waals surface area (Å²) in [6.45, 7) is 1.29. The zero-order valence-electron chi connectivity index (χ0n) is 19.0. The highest BCUT2D eigenvalue weighted by Gasteiger charge is 2.31. The lowest BCUT2D eigenvalue weighted by atomic mass is 9.98. The van der Waals surface area contributed by atoms with E-state index in [0.717, 1.165) is 18.4 Å². The molecule has 36 heavy (non-hydrogen) atoms. The molecule has 11 heteroatoms. The highest BCUT2D eigenvalue weighted by Crippen LogP contribution is 2.32. The molecule has 3 aromatic rings. The fraction of sp³-hybridized carbons (Fsp3) is 0.240. The summed E-state index contributed by atoms with van der Waals surface area (Å²) >= 11 is 5.92. The van der Waals surface area contributed by atoms with Crippen LogP contribution in [-0.2, 0) is 16.0 Å². The fourth-order valence-electron chi connectivity index (χ4n) is 4.05. The third-order valence-corrected chi connectivity index (χ3v) is 7.41. The smallest absolute Gasteiger partial charge is 0.368 e. The average Bonchev–Trinajstić information content (AvgIpc) is 2.84. The number of alkyl halides is 3. The van der Waals surface area contributed by atoms with Crippen molar-refractivity contribution >= 4 is 33.0 Å². The summed E-state index contributed by atoms with van der Waals surface area (Å²) in [5, 5.41) is -0.136. The van der Waals surface area contributed by atoms with Crippen LogP contribution in [0.2, 0.25) is 5.02 Å². The maximum Gasteiger partial charge on any atom is 0.416 e. The lowest BCUT2D eigenvalue weighted by molar-refractivity contribution is -0.137. The van der Waals surface area contributed by atoms with Crippen LogP contribution in [0.4, 0.5) is 23.2 Å². The van der Waals surface area contributed by atoms with Crippen molar-refractivity contribution in [3.05, 3.63) is 82.6 Å². The van der Waals surface area contributed by atoms with Crippen LogP contribution < -0.4 is 4.90 Å². The van der Waals surface area contributed by atoms with E-state index in [2.05, 4.69) is 0 Å². The van der Waals surface area contributed by atoms with E-state index in [1.54, 1.807) is 4.90 Å². The molecular formula is C25H21ClF4N2O3S. The van der Waals surface area contributed by atoms with Gasteiger partial charge in [-0.25, -0.2) is 12.8 Å². The first-order chi connectivity index (χ1) is 16.8. The molecule has 0 aliphatic carbocycles. The second-order valence-electron chi connectivity index (χ2n) is 8.43. The Hall–Kier alpha value is -3.11. The lowest BCUT2D eigenvalue weighted by Crippen LogP contribution is -2.49. The molecule has 1 aliphatic rings.